The second-order valence-electron chi connectivity index (χ2n) is 5.89. The van der Waals surface area contributed by atoms with Gasteiger partial charge >= 0.3 is 5.76 Å². The summed E-state index contributed by atoms with van der Waals surface area (Å²) in [5.41, 5.74) is 3.21. The second kappa shape index (κ2) is 6.05. The van der Waals surface area contributed by atoms with Gasteiger partial charge in [-0.25, -0.2) is 9.18 Å². The van der Waals surface area contributed by atoms with Crippen LogP contribution in [0.15, 0.2) is 57.7 Å². The van der Waals surface area contributed by atoms with Crippen LogP contribution in [0.2, 0.25) is 0 Å². The zero-order valence-electron chi connectivity index (χ0n) is 13.0. The third kappa shape index (κ3) is 2.88. The predicted octanol–water partition coefficient (Wildman–Crippen LogP) is 2.66. The van der Waals surface area contributed by atoms with Crippen LogP contribution in [0.25, 0.3) is 11.5 Å². The van der Waals surface area contributed by atoms with Gasteiger partial charge in [0.25, 0.3) is 0 Å². The van der Waals surface area contributed by atoms with Gasteiger partial charge in [0, 0.05) is 18.7 Å². The summed E-state index contributed by atoms with van der Waals surface area (Å²) in [6, 6.07) is 14.0. The molecule has 0 aliphatic carbocycles. The van der Waals surface area contributed by atoms with Gasteiger partial charge in [-0.05, 0) is 41.8 Å². The third-order valence-electron chi connectivity index (χ3n) is 4.24. The fourth-order valence-corrected chi connectivity index (χ4v) is 2.97. The average Bonchev–Trinajstić information content (AvgIpc) is 2.96. The first-order valence-electron chi connectivity index (χ1n) is 7.82. The molecule has 0 saturated heterocycles. The van der Waals surface area contributed by atoms with Gasteiger partial charge in [0.05, 0.1) is 0 Å². The van der Waals surface area contributed by atoms with Crippen molar-refractivity contribution >= 4 is 0 Å². The van der Waals surface area contributed by atoms with Crippen molar-refractivity contribution < 1.29 is 8.81 Å². The highest BCUT2D eigenvalue weighted by atomic mass is 19.1. The van der Waals surface area contributed by atoms with Crippen LogP contribution in [-0.2, 0) is 19.6 Å². The van der Waals surface area contributed by atoms with Crippen molar-refractivity contribution in [3.05, 3.63) is 76.0 Å². The van der Waals surface area contributed by atoms with Gasteiger partial charge in [-0.3, -0.25) is 4.90 Å². The fraction of sp³-hybridized carbons (Fsp3) is 0.222. The van der Waals surface area contributed by atoms with E-state index in [2.05, 4.69) is 22.1 Å². The minimum atomic E-state index is -0.506. The summed E-state index contributed by atoms with van der Waals surface area (Å²) >= 11 is 0. The van der Waals surface area contributed by atoms with Crippen LogP contribution in [0.3, 0.4) is 0 Å². The average molecular weight is 325 g/mol. The van der Waals surface area contributed by atoms with E-state index in [9.17, 15) is 9.18 Å². The maximum atomic E-state index is 13.0. The maximum absolute atomic E-state index is 13.0. The summed E-state index contributed by atoms with van der Waals surface area (Å²) < 4.78 is 19.5. The summed E-state index contributed by atoms with van der Waals surface area (Å²) in [5, 5.41) is 4.23. The van der Waals surface area contributed by atoms with Crippen molar-refractivity contribution in [3.63, 3.8) is 0 Å². The topological polar surface area (TPSA) is 51.3 Å². The molecule has 0 atom stereocenters. The summed E-state index contributed by atoms with van der Waals surface area (Å²) in [7, 11) is 0. The molecule has 6 heteroatoms. The Labute approximate surface area is 137 Å². The molecule has 1 aliphatic heterocycles. The first-order valence-corrected chi connectivity index (χ1v) is 7.82. The standard InChI is InChI=1S/C18H16FN3O2/c19-16-7-5-14(6-8-16)17-20-22(18(23)24-17)12-21-10-9-13-3-1-2-4-15(13)11-21/h1-8H,9-12H2. The second-order valence-corrected chi connectivity index (χ2v) is 5.89. The van der Waals surface area contributed by atoms with Gasteiger partial charge in [0.15, 0.2) is 0 Å². The van der Waals surface area contributed by atoms with E-state index in [1.807, 2.05) is 12.1 Å². The Hall–Kier alpha value is -2.73. The van der Waals surface area contributed by atoms with Gasteiger partial charge in [-0.1, -0.05) is 24.3 Å². The SMILES string of the molecule is O=c1oc(-c2ccc(F)cc2)nn1CN1CCc2ccccc2C1. The van der Waals surface area contributed by atoms with Crippen molar-refractivity contribution in [1.29, 1.82) is 0 Å². The van der Waals surface area contributed by atoms with Crippen LogP contribution in [-0.4, -0.2) is 21.2 Å². The van der Waals surface area contributed by atoms with E-state index < -0.39 is 5.76 Å². The van der Waals surface area contributed by atoms with E-state index in [0.717, 1.165) is 19.5 Å². The molecule has 1 aliphatic rings. The first-order chi connectivity index (χ1) is 11.7. The Morgan fingerprint density at radius 3 is 2.62 bits per heavy atom. The highest BCUT2D eigenvalue weighted by Gasteiger charge is 2.18. The number of nitrogens with zero attached hydrogens (tertiary/aromatic N) is 3. The van der Waals surface area contributed by atoms with E-state index >= 15 is 0 Å². The minimum Gasteiger partial charge on any atom is -0.388 e. The normalized spacial score (nSPS) is 14.5. The smallest absolute Gasteiger partial charge is 0.388 e. The molecule has 4 rings (SSSR count). The van der Waals surface area contributed by atoms with Crippen molar-refractivity contribution in [2.45, 2.75) is 19.6 Å². The number of benzene rings is 2. The Kier molecular flexibility index (Phi) is 3.74. The van der Waals surface area contributed by atoms with Crippen LogP contribution in [0.1, 0.15) is 11.1 Å². The highest BCUT2D eigenvalue weighted by Crippen LogP contribution is 2.19. The van der Waals surface area contributed by atoms with E-state index in [1.165, 1.54) is 27.9 Å². The van der Waals surface area contributed by atoms with Crippen molar-refractivity contribution in [1.82, 2.24) is 14.7 Å². The number of fused-ring (bicyclic) bond motifs is 1. The molecule has 0 fully saturated rings. The lowest BCUT2D eigenvalue weighted by Crippen LogP contribution is -2.35. The lowest BCUT2D eigenvalue weighted by molar-refractivity contribution is 0.183. The van der Waals surface area contributed by atoms with Crippen molar-refractivity contribution in [2.75, 3.05) is 6.54 Å². The molecule has 3 aromatic rings. The minimum absolute atomic E-state index is 0.206. The van der Waals surface area contributed by atoms with E-state index in [0.29, 0.717) is 12.2 Å². The Morgan fingerprint density at radius 1 is 1.08 bits per heavy atom. The molecule has 0 N–H and O–H groups in total. The zero-order valence-corrected chi connectivity index (χ0v) is 13.0. The van der Waals surface area contributed by atoms with E-state index in [-0.39, 0.29) is 11.7 Å². The molecule has 2 heterocycles. The quantitative estimate of drug-likeness (QED) is 0.743. The Bertz CT molecular complexity index is 915. The monoisotopic (exact) mass is 325 g/mol. The molecule has 0 saturated carbocycles. The number of aromatic nitrogens is 2. The first kappa shape index (κ1) is 14.8. The molecule has 0 bridgehead atoms. The van der Waals surface area contributed by atoms with Crippen LogP contribution >= 0.6 is 0 Å². The molecule has 5 nitrogen and oxygen atoms in total. The van der Waals surface area contributed by atoms with Gasteiger partial charge in [-0.2, -0.15) is 4.68 Å². The van der Waals surface area contributed by atoms with Crippen molar-refractivity contribution in [3.8, 4) is 11.5 Å². The molecule has 1 aromatic heterocycles. The molecule has 0 spiro atoms. The van der Waals surface area contributed by atoms with Crippen LogP contribution in [0.4, 0.5) is 4.39 Å². The predicted molar refractivity (Wildman–Crippen MR) is 86.7 cm³/mol. The van der Waals surface area contributed by atoms with Gasteiger partial charge in [0.2, 0.25) is 5.89 Å². The Balaban J connectivity index is 1.54. The lowest BCUT2D eigenvalue weighted by Gasteiger charge is -2.27. The third-order valence-corrected chi connectivity index (χ3v) is 4.24. The number of hydrogen-bond donors (Lipinski definition) is 0. The maximum Gasteiger partial charge on any atom is 0.438 e. The van der Waals surface area contributed by atoms with E-state index in [4.69, 9.17) is 4.42 Å². The summed E-state index contributed by atoms with van der Waals surface area (Å²) in [6.07, 6.45) is 0.952. The van der Waals surface area contributed by atoms with Gasteiger partial charge in [-0.15, -0.1) is 5.10 Å². The van der Waals surface area contributed by atoms with Crippen molar-refractivity contribution in [2.24, 2.45) is 0 Å². The molecule has 2 aromatic carbocycles. The van der Waals surface area contributed by atoms with Crippen LogP contribution in [0.5, 0.6) is 0 Å². The van der Waals surface area contributed by atoms with Crippen LogP contribution < -0.4 is 5.76 Å². The molecule has 0 radical (unpaired) electrons. The largest absolute Gasteiger partial charge is 0.438 e. The molecule has 0 amide bonds. The molecular weight excluding hydrogens is 309 g/mol. The van der Waals surface area contributed by atoms with E-state index in [1.54, 1.807) is 12.1 Å². The lowest BCUT2D eigenvalue weighted by atomic mass is 10.0. The van der Waals surface area contributed by atoms with Gasteiger partial charge in [0.1, 0.15) is 12.5 Å². The molecule has 122 valence electrons. The van der Waals surface area contributed by atoms with Crippen LogP contribution in [0, 0.1) is 5.82 Å². The van der Waals surface area contributed by atoms with Gasteiger partial charge < -0.3 is 4.42 Å². The number of halogens is 1. The number of rotatable bonds is 3. The fourth-order valence-electron chi connectivity index (χ4n) is 2.97. The highest BCUT2D eigenvalue weighted by molar-refractivity contribution is 5.51. The summed E-state index contributed by atoms with van der Waals surface area (Å²) in [4.78, 5) is 14.2. The summed E-state index contributed by atoms with van der Waals surface area (Å²) in [5.74, 6) is -0.641. The molecule has 24 heavy (non-hydrogen) atoms. The summed E-state index contributed by atoms with van der Waals surface area (Å²) in [6.45, 7) is 2.02. The zero-order chi connectivity index (χ0) is 16.5. The molecular formula is C18H16FN3O2. The molecule has 0 unspecified atom stereocenters. The number of hydrogen-bond acceptors (Lipinski definition) is 4. The Morgan fingerprint density at radius 2 is 1.83 bits per heavy atom.